The third-order valence-corrected chi connectivity index (χ3v) is 0. The minimum absolute atomic E-state index is 0. The van der Waals surface area contributed by atoms with E-state index in [1.54, 1.807) is 0 Å². The van der Waals surface area contributed by atoms with Crippen LogP contribution in [0.4, 0.5) is 0 Å². The molecular formula is CH14PSbSi. The summed E-state index contributed by atoms with van der Waals surface area (Å²) >= 11 is 0. The first kappa shape index (κ1) is 50.8. The predicted octanol–water partition coefficient (Wildman–Crippen LogP) is -1.94. The first-order chi connectivity index (χ1) is 0. The van der Waals surface area contributed by atoms with Gasteiger partial charge in [0.1, 0.15) is 0 Å². The predicted molar refractivity (Wildman–Crippen MR) is 39.1 cm³/mol. The van der Waals surface area contributed by atoms with E-state index in [-0.39, 0.29) is 52.7 Å². The first-order valence-corrected chi connectivity index (χ1v) is 0. The van der Waals surface area contributed by atoms with Crippen molar-refractivity contribution in [3.8, 4) is 0 Å². The van der Waals surface area contributed by atoms with Crippen LogP contribution < -0.4 is 0 Å². The van der Waals surface area contributed by atoms with Gasteiger partial charge in [0.05, 0.1) is 0 Å². The molecule has 0 aliphatic carbocycles. The molecule has 0 saturated carbocycles. The standard InChI is InChI=1S/CH4.H3P.Sb.H4Si.3H/h1H4;1H3;;1H4;;;. The normalized spacial score (nSPS) is 0. The zero-order chi connectivity index (χ0) is 0. The molecule has 1 atom stereocenters. The molecule has 0 saturated heterocycles. The Morgan fingerprint density at radius 3 is 1.00 bits per heavy atom. The van der Waals surface area contributed by atoms with Crippen LogP contribution in [0, 0.1) is 0 Å². The average molecular weight is 207 g/mol. The van der Waals surface area contributed by atoms with Crippen LogP contribution in [0.3, 0.4) is 0 Å². The van der Waals surface area contributed by atoms with Gasteiger partial charge in [-0.15, -0.1) is 0 Å². The second kappa shape index (κ2) is 25.0. The van der Waals surface area contributed by atoms with Crippen molar-refractivity contribution in [2.24, 2.45) is 0 Å². The minimum Gasteiger partial charge on any atom is -0.0149 e. The van der Waals surface area contributed by atoms with Gasteiger partial charge in [0.2, 0.25) is 0 Å². The summed E-state index contributed by atoms with van der Waals surface area (Å²) in [5.41, 5.74) is 0. The number of hydrogen-bond acceptors (Lipinski definition) is 0. The average Bonchev–Trinajstić information content (AvgIpc) is 0. The van der Waals surface area contributed by atoms with Crippen LogP contribution in [-0.4, -0.2) is 35.4 Å². The van der Waals surface area contributed by atoms with Gasteiger partial charge < -0.3 is 0 Å². The molecule has 0 amide bonds. The van der Waals surface area contributed by atoms with Gasteiger partial charge in [-0.3, -0.25) is 0 Å². The number of hydrogen-bond donors (Lipinski definition) is 0. The zero-order valence-corrected chi connectivity index (χ0v) is 6.86. The molecule has 32 valence electrons. The first-order valence-electron chi connectivity index (χ1n) is 0. The van der Waals surface area contributed by atoms with E-state index in [1.165, 1.54) is 0 Å². The number of rotatable bonds is 0. The topological polar surface area (TPSA) is 0 Å². The molecule has 0 radical (unpaired) electrons. The molecule has 0 aromatic heterocycles. The Hall–Kier alpha value is 1.47. The summed E-state index contributed by atoms with van der Waals surface area (Å²) in [6, 6.07) is 0. The van der Waals surface area contributed by atoms with Gasteiger partial charge in [0.25, 0.3) is 0 Å². The van der Waals surface area contributed by atoms with E-state index in [1.807, 2.05) is 0 Å². The van der Waals surface area contributed by atoms with Crippen molar-refractivity contribution < 1.29 is 0 Å². The van der Waals surface area contributed by atoms with Crippen LogP contribution >= 0.6 is 9.90 Å². The van der Waals surface area contributed by atoms with E-state index in [0.717, 1.165) is 0 Å². The minimum atomic E-state index is 0. The van der Waals surface area contributed by atoms with E-state index in [0.29, 0.717) is 0 Å². The van der Waals surface area contributed by atoms with Gasteiger partial charge in [-0.1, -0.05) is 7.43 Å². The Bertz CT molecular complexity index is 8.00. The molecule has 0 aliphatic rings. The molecule has 4 heavy (non-hydrogen) atoms. The molecule has 0 rings (SSSR count). The van der Waals surface area contributed by atoms with Crippen molar-refractivity contribution in [2.45, 2.75) is 7.43 Å². The van der Waals surface area contributed by atoms with Crippen LogP contribution in [0.5, 0.6) is 0 Å². The van der Waals surface area contributed by atoms with Crippen molar-refractivity contribution in [1.29, 1.82) is 0 Å². The summed E-state index contributed by atoms with van der Waals surface area (Å²) in [4.78, 5) is 0. The summed E-state index contributed by atoms with van der Waals surface area (Å²) in [7, 11) is 0. The second-order valence-electron chi connectivity index (χ2n) is 0. The van der Waals surface area contributed by atoms with E-state index >= 15 is 0 Å². The molecule has 0 N–H and O–H groups in total. The van der Waals surface area contributed by atoms with Crippen molar-refractivity contribution in [2.75, 3.05) is 0 Å². The quantitative estimate of drug-likeness (QED) is 0.320. The molecule has 0 bridgehead atoms. The Balaban J connectivity index is 0. The van der Waals surface area contributed by atoms with Gasteiger partial charge in [-0.25, -0.2) is 0 Å². The molecule has 0 fully saturated rings. The van der Waals surface area contributed by atoms with Crippen molar-refractivity contribution in [3.63, 3.8) is 0 Å². The van der Waals surface area contributed by atoms with Crippen molar-refractivity contribution >= 4 is 45.3 Å². The largest absolute Gasteiger partial charge is 0.0149 e. The summed E-state index contributed by atoms with van der Waals surface area (Å²) in [5.74, 6) is 0. The fourth-order valence-corrected chi connectivity index (χ4v) is 0. The van der Waals surface area contributed by atoms with Gasteiger partial charge in [-0.2, -0.15) is 9.90 Å². The van der Waals surface area contributed by atoms with Crippen LogP contribution in [-0.2, 0) is 0 Å². The van der Waals surface area contributed by atoms with Gasteiger partial charge in [0, 0.05) is 0 Å². The van der Waals surface area contributed by atoms with E-state index < -0.39 is 0 Å². The summed E-state index contributed by atoms with van der Waals surface area (Å²) in [6.45, 7) is 0. The molecule has 3 heteroatoms. The Kier molecular flexibility index (Phi) is 317. The van der Waals surface area contributed by atoms with Crippen molar-refractivity contribution in [3.05, 3.63) is 0 Å². The molecule has 0 aliphatic heterocycles. The maximum absolute atomic E-state index is 0. The van der Waals surface area contributed by atoms with Gasteiger partial charge in [-0.05, 0) is 11.0 Å². The summed E-state index contributed by atoms with van der Waals surface area (Å²) < 4.78 is 0. The molecule has 0 aromatic carbocycles. The van der Waals surface area contributed by atoms with E-state index in [4.69, 9.17) is 0 Å². The smallest absolute Gasteiger partial charge is 0.0149 e. The van der Waals surface area contributed by atoms with Gasteiger partial charge >= 0.3 is 24.4 Å². The Labute approximate surface area is 52.8 Å². The van der Waals surface area contributed by atoms with Crippen LogP contribution in [0.25, 0.3) is 0 Å². The van der Waals surface area contributed by atoms with Crippen LogP contribution in [0.15, 0.2) is 0 Å². The third-order valence-electron chi connectivity index (χ3n) is 0. The Morgan fingerprint density at radius 1 is 1.00 bits per heavy atom. The summed E-state index contributed by atoms with van der Waals surface area (Å²) in [6.07, 6.45) is 0. The van der Waals surface area contributed by atoms with E-state index in [9.17, 15) is 0 Å². The molecule has 0 spiro atoms. The van der Waals surface area contributed by atoms with Crippen LogP contribution in [0.2, 0.25) is 0 Å². The fourth-order valence-electron chi connectivity index (χ4n) is 0. The van der Waals surface area contributed by atoms with Crippen molar-refractivity contribution in [1.82, 2.24) is 0 Å². The fraction of sp³-hybridized carbons (Fsp3) is 1.00. The molecule has 0 aromatic rings. The molecular weight excluding hydrogens is 193 g/mol. The molecule has 0 nitrogen and oxygen atoms in total. The second-order valence-corrected chi connectivity index (χ2v) is 0. The summed E-state index contributed by atoms with van der Waals surface area (Å²) in [5, 5.41) is 0. The maximum Gasteiger partial charge on any atom is -0.0149 e. The molecule has 1 unspecified atom stereocenters. The Morgan fingerprint density at radius 2 is 1.00 bits per heavy atom. The van der Waals surface area contributed by atoms with Crippen LogP contribution in [0.1, 0.15) is 7.43 Å². The van der Waals surface area contributed by atoms with Gasteiger partial charge in [0.15, 0.2) is 0 Å². The third kappa shape index (κ3) is 9.81. The zero-order valence-electron chi connectivity index (χ0n) is 1.41. The maximum atomic E-state index is 0. The van der Waals surface area contributed by atoms with E-state index in [2.05, 4.69) is 0 Å². The SMILES string of the molecule is C.P.[SbH3].[SiH4]. The molecule has 0 heterocycles. The monoisotopic (exact) mass is 206 g/mol.